The number of nitrogens with zero attached hydrogens (tertiary/aromatic N) is 6. The molecule has 8 heteroatoms. The number of fused-ring (bicyclic) bond motifs is 1. The summed E-state index contributed by atoms with van der Waals surface area (Å²) in [6.07, 6.45) is 5.58. The molecule has 2 heterocycles. The van der Waals surface area contributed by atoms with E-state index in [2.05, 4.69) is 21.5 Å². The van der Waals surface area contributed by atoms with Gasteiger partial charge in [-0.3, -0.25) is 0 Å². The van der Waals surface area contributed by atoms with Gasteiger partial charge in [-0.05, 0) is 18.4 Å². The zero-order chi connectivity index (χ0) is 15.0. The first-order valence-electron chi connectivity index (χ1n) is 6.43. The predicted octanol–water partition coefficient (Wildman–Crippen LogP) is -0.0750. The molecule has 8 nitrogen and oxygen atoms in total. The normalized spacial score (nSPS) is 22.7. The number of hydrogen-bond acceptors (Lipinski definition) is 6. The van der Waals surface area contributed by atoms with Gasteiger partial charge in [-0.2, -0.15) is 9.99 Å². The Hall–Kier alpha value is -2.66. The van der Waals surface area contributed by atoms with Crippen LogP contribution in [0.15, 0.2) is 29.8 Å². The van der Waals surface area contributed by atoms with Crippen LogP contribution in [0.1, 0.15) is 18.9 Å². The molecule has 108 valence electrons. The largest absolute Gasteiger partial charge is 0.414 e. The minimum Gasteiger partial charge on any atom is -0.414 e. The number of hydrogen-bond donors (Lipinski definition) is 1. The predicted molar refractivity (Wildman–Crippen MR) is 72.6 cm³/mol. The summed E-state index contributed by atoms with van der Waals surface area (Å²) < 4.78 is 3.17. The van der Waals surface area contributed by atoms with Crippen molar-refractivity contribution < 1.29 is 9.94 Å². The Morgan fingerprint density at radius 3 is 2.95 bits per heavy atom. The number of aliphatic hydroxyl groups is 1. The minimum absolute atomic E-state index is 0.0540. The van der Waals surface area contributed by atoms with Crippen LogP contribution in [-0.2, 0) is 0 Å². The zero-order valence-electron chi connectivity index (χ0n) is 11.5. The van der Waals surface area contributed by atoms with Crippen LogP contribution in [0.4, 0.5) is 0 Å². The molecule has 1 aliphatic rings. The molecule has 1 aliphatic carbocycles. The molecule has 0 bridgehead atoms. The molecule has 0 aliphatic heterocycles. The molecule has 21 heavy (non-hydrogen) atoms. The first-order valence-corrected chi connectivity index (χ1v) is 6.43. The van der Waals surface area contributed by atoms with Crippen molar-refractivity contribution in [2.75, 3.05) is 7.11 Å². The minimum atomic E-state index is -0.497. The summed E-state index contributed by atoms with van der Waals surface area (Å²) in [5.41, 5.74) is 2.19. The highest BCUT2D eigenvalue weighted by Crippen LogP contribution is 2.34. The van der Waals surface area contributed by atoms with Crippen molar-refractivity contribution in [2.45, 2.75) is 25.0 Å². The molecule has 2 aromatic heterocycles. The summed E-state index contributed by atoms with van der Waals surface area (Å²) in [6.45, 7) is 3.86. The summed E-state index contributed by atoms with van der Waals surface area (Å²) in [5.74, 6) is 0. The molecule has 2 unspecified atom stereocenters. The topological polar surface area (TPSA) is 101 Å². The summed E-state index contributed by atoms with van der Waals surface area (Å²) in [6, 6.07) is 0.0540. The number of aliphatic hydroxyl groups excluding tert-OH is 1. The van der Waals surface area contributed by atoms with Crippen molar-refractivity contribution in [3.05, 3.63) is 30.3 Å². The Balaban J connectivity index is 2.17. The van der Waals surface area contributed by atoms with Crippen LogP contribution in [-0.4, -0.2) is 37.6 Å². The standard InChI is InChI=1S/C13H14N6O2/c1-8-3-9(4-10(8)20)18-6-16-11-12(18)17-7-19(21-2)13(11)15-5-14/h6-7,9-10,20H,1,3-4H2,2H3. The Morgan fingerprint density at radius 2 is 2.33 bits per heavy atom. The van der Waals surface area contributed by atoms with E-state index in [0.717, 1.165) is 5.57 Å². The van der Waals surface area contributed by atoms with Crippen molar-refractivity contribution in [3.63, 3.8) is 0 Å². The lowest BCUT2D eigenvalue weighted by atomic mass is 10.2. The van der Waals surface area contributed by atoms with Gasteiger partial charge in [0.2, 0.25) is 11.7 Å². The van der Waals surface area contributed by atoms with Crippen molar-refractivity contribution in [1.29, 1.82) is 5.26 Å². The fraction of sp³-hybridized carbons (Fsp3) is 0.385. The highest BCUT2D eigenvalue weighted by Gasteiger charge is 2.29. The fourth-order valence-corrected chi connectivity index (χ4v) is 2.62. The number of imidazole rings is 1. The molecule has 1 fully saturated rings. The second-order valence-electron chi connectivity index (χ2n) is 4.88. The van der Waals surface area contributed by atoms with Crippen molar-refractivity contribution >= 4 is 11.2 Å². The molecular weight excluding hydrogens is 272 g/mol. The highest BCUT2D eigenvalue weighted by molar-refractivity contribution is 5.69. The molecule has 0 saturated heterocycles. The first kappa shape index (κ1) is 13.3. The molecule has 2 aromatic rings. The van der Waals surface area contributed by atoms with Crippen LogP contribution in [0, 0.1) is 11.5 Å². The third kappa shape index (κ3) is 2.08. The van der Waals surface area contributed by atoms with Gasteiger partial charge >= 0.3 is 0 Å². The quantitative estimate of drug-likeness (QED) is 0.615. The molecule has 1 N–H and O–H groups in total. The molecule has 0 radical (unpaired) electrons. The zero-order valence-corrected chi connectivity index (χ0v) is 11.5. The first-order chi connectivity index (χ1) is 10.2. The average Bonchev–Trinajstić information content (AvgIpc) is 3.04. The summed E-state index contributed by atoms with van der Waals surface area (Å²) in [5, 5.41) is 18.6. The van der Waals surface area contributed by atoms with Crippen LogP contribution in [0.3, 0.4) is 0 Å². The smallest absolute Gasteiger partial charge is 0.211 e. The fourth-order valence-electron chi connectivity index (χ4n) is 2.62. The van der Waals surface area contributed by atoms with Gasteiger partial charge in [0.15, 0.2) is 11.2 Å². The summed E-state index contributed by atoms with van der Waals surface area (Å²) in [7, 11) is 1.46. The maximum absolute atomic E-state index is 9.82. The van der Waals surface area contributed by atoms with E-state index in [4.69, 9.17) is 10.1 Å². The monoisotopic (exact) mass is 286 g/mol. The molecule has 2 atom stereocenters. The van der Waals surface area contributed by atoms with Crippen LogP contribution in [0.25, 0.3) is 11.2 Å². The molecule has 0 spiro atoms. The number of nitriles is 1. The van der Waals surface area contributed by atoms with E-state index in [-0.39, 0.29) is 6.04 Å². The van der Waals surface area contributed by atoms with Gasteiger partial charge in [-0.15, -0.1) is 4.99 Å². The van der Waals surface area contributed by atoms with Gasteiger partial charge in [0.25, 0.3) is 0 Å². The Morgan fingerprint density at radius 1 is 1.52 bits per heavy atom. The molecule has 3 rings (SSSR count). The lowest BCUT2D eigenvalue weighted by Crippen LogP contribution is -2.26. The lowest BCUT2D eigenvalue weighted by Gasteiger charge is -2.11. The van der Waals surface area contributed by atoms with E-state index in [1.807, 2.05) is 4.57 Å². The number of aromatic nitrogens is 4. The van der Waals surface area contributed by atoms with Gasteiger partial charge in [0.05, 0.1) is 12.4 Å². The van der Waals surface area contributed by atoms with Crippen molar-refractivity contribution in [1.82, 2.24) is 19.3 Å². The molecular formula is C13H14N6O2. The van der Waals surface area contributed by atoms with Crippen LogP contribution in [0.2, 0.25) is 0 Å². The van der Waals surface area contributed by atoms with E-state index >= 15 is 0 Å². The van der Waals surface area contributed by atoms with E-state index in [1.54, 1.807) is 12.5 Å². The van der Waals surface area contributed by atoms with E-state index in [1.165, 1.54) is 18.2 Å². The van der Waals surface area contributed by atoms with Crippen molar-refractivity contribution in [3.8, 4) is 6.19 Å². The van der Waals surface area contributed by atoms with Gasteiger partial charge in [0, 0.05) is 6.04 Å². The van der Waals surface area contributed by atoms with E-state index < -0.39 is 6.10 Å². The third-order valence-electron chi connectivity index (χ3n) is 3.68. The molecule has 0 amide bonds. The van der Waals surface area contributed by atoms with Gasteiger partial charge < -0.3 is 14.5 Å². The maximum Gasteiger partial charge on any atom is 0.211 e. The van der Waals surface area contributed by atoms with Gasteiger partial charge in [-0.25, -0.2) is 9.97 Å². The van der Waals surface area contributed by atoms with Crippen LogP contribution < -0.4 is 10.3 Å². The lowest BCUT2D eigenvalue weighted by molar-refractivity contribution is 0.153. The highest BCUT2D eigenvalue weighted by atomic mass is 16.6. The Bertz CT molecular complexity index is 812. The summed E-state index contributed by atoms with van der Waals surface area (Å²) in [4.78, 5) is 17.4. The Labute approximate surface area is 120 Å². The Kier molecular flexibility index (Phi) is 3.19. The SMILES string of the molecule is C=C1CC(n2cnc3c(=NC#N)n(OC)cnc32)CC1O. The van der Waals surface area contributed by atoms with E-state index in [9.17, 15) is 5.11 Å². The third-order valence-corrected chi connectivity index (χ3v) is 3.68. The molecule has 0 aromatic carbocycles. The average molecular weight is 286 g/mol. The van der Waals surface area contributed by atoms with Crippen LogP contribution in [0.5, 0.6) is 0 Å². The molecule has 1 saturated carbocycles. The second-order valence-corrected chi connectivity index (χ2v) is 4.88. The second kappa shape index (κ2) is 5.03. The van der Waals surface area contributed by atoms with Crippen molar-refractivity contribution in [2.24, 2.45) is 4.99 Å². The van der Waals surface area contributed by atoms with Gasteiger partial charge in [-0.1, -0.05) is 6.58 Å². The summed E-state index contributed by atoms with van der Waals surface area (Å²) >= 11 is 0. The number of rotatable bonds is 2. The van der Waals surface area contributed by atoms with Crippen LogP contribution >= 0.6 is 0 Å². The van der Waals surface area contributed by atoms with E-state index in [0.29, 0.717) is 29.5 Å². The maximum atomic E-state index is 9.82. The van der Waals surface area contributed by atoms with Gasteiger partial charge in [0.1, 0.15) is 13.4 Å².